The summed E-state index contributed by atoms with van der Waals surface area (Å²) in [6.45, 7) is 0.141. The first-order valence-electron chi connectivity index (χ1n) is 5.99. The maximum Gasteiger partial charge on any atom is 0.305 e. The number of carboxylic acid groups (broad SMARTS) is 1. The number of hydrogen-bond donors (Lipinski definition) is 2. The number of aliphatic carboxylic acids is 1. The third-order valence-electron chi connectivity index (χ3n) is 2.82. The molecule has 2 N–H and O–H groups in total. The van der Waals surface area contributed by atoms with Gasteiger partial charge in [-0.1, -0.05) is 12.1 Å². The summed E-state index contributed by atoms with van der Waals surface area (Å²) in [4.78, 5) is 11.7. The minimum Gasteiger partial charge on any atom is -0.481 e. The lowest BCUT2D eigenvalue weighted by Gasteiger charge is -2.15. The monoisotopic (exact) mass is 297 g/mol. The van der Waals surface area contributed by atoms with Crippen LogP contribution in [0.25, 0.3) is 0 Å². The van der Waals surface area contributed by atoms with Gasteiger partial charge in [0, 0.05) is 23.1 Å². The zero-order valence-electron chi connectivity index (χ0n) is 10.5. The number of thiophene rings is 1. The number of rotatable bonds is 6. The van der Waals surface area contributed by atoms with Crippen molar-refractivity contribution in [3.63, 3.8) is 0 Å². The average molecular weight is 297 g/mol. The molecule has 0 aliphatic rings. The Hall–Kier alpha value is -1.79. The van der Waals surface area contributed by atoms with Crippen LogP contribution in [0.1, 0.15) is 22.9 Å². The number of carboxylic acids is 1. The van der Waals surface area contributed by atoms with Crippen molar-refractivity contribution in [2.75, 3.05) is 0 Å². The minimum absolute atomic E-state index is 0.0939. The Morgan fingerprint density at radius 1 is 1.35 bits per heavy atom. The standard InChI is InChI=1S/C14H13F2NO2S/c15-10-4-3-9(11(16)6-10)8-17-12(7-14(18)19)13-2-1-5-20-13/h1-6,12,17H,7-8H2,(H,18,19). The van der Waals surface area contributed by atoms with Crippen LogP contribution in [0.15, 0.2) is 35.7 Å². The lowest BCUT2D eigenvalue weighted by molar-refractivity contribution is -0.137. The molecular formula is C14H13F2NO2S. The van der Waals surface area contributed by atoms with Crippen molar-refractivity contribution < 1.29 is 18.7 Å². The molecule has 0 amide bonds. The Balaban J connectivity index is 2.07. The summed E-state index contributed by atoms with van der Waals surface area (Å²) in [7, 11) is 0. The van der Waals surface area contributed by atoms with Gasteiger partial charge in [-0.05, 0) is 17.5 Å². The van der Waals surface area contributed by atoms with Gasteiger partial charge in [-0.2, -0.15) is 0 Å². The van der Waals surface area contributed by atoms with Gasteiger partial charge < -0.3 is 10.4 Å². The molecule has 3 nitrogen and oxygen atoms in total. The number of carbonyl (C=O) groups is 1. The van der Waals surface area contributed by atoms with Gasteiger partial charge in [-0.25, -0.2) is 8.78 Å². The molecule has 0 bridgehead atoms. The van der Waals surface area contributed by atoms with Crippen LogP contribution in [0, 0.1) is 11.6 Å². The van der Waals surface area contributed by atoms with E-state index in [1.165, 1.54) is 23.5 Å². The zero-order chi connectivity index (χ0) is 14.5. The van der Waals surface area contributed by atoms with Gasteiger partial charge in [0.2, 0.25) is 0 Å². The van der Waals surface area contributed by atoms with E-state index in [2.05, 4.69) is 5.32 Å². The topological polar surface area (TPSA) is 49.3 Å². The average Bonchev–Trinajstić information content (AvgIpc) is 2.89. The molecule has 1 aromatic carbocycles. The molecule has 0 radical (unpaired) electrons. The Bertz CT molecular complexity index is 587. The molecule has 0 fully saturated rings. The normalized spacial score (nSPS) is 12.3. The fraction of sp³-hybridized carbons (Fsp3) is 0.214. The summed E-state index contributed by atoms with van der Waals surface area (Å²) < 4.78 is 26.3. The maximum absolute atomic E-state index is 13.5. The Labute approximate surface area is 118 Å². The van der Waals surface area contributed by atoms with Gasteiger partial charge in [0.25, 0.3) is 0 Å². The van der Waals surface area contributed by atoms with Gasteiger partial charge in [0.15, 0.2) is 0 Å². The predicted molar refractivity (Wildman–Crippen MR) is 72.5 cm³/mol. The van der Waals surface area contributed by atoms with Crippen LogP contribution < -0.4 is 5.32 Å². The van der Waals surface area contributed by atoms with Crippen LogP contribution in [0.3, 0.4) is 0 Å². The highest BCUT2D eigenvalue weighted by Gasteiger charge is 2.16. The zero-order valence-corrected chi connectivity index (χ0v) is 11.3. The largest absolute Gasteiger partial charge is 0.481 e. The van der Waals surface area contributed by atoms with E-state index in [9.17, 15) is 13.6 Å². The second kappa shape index (κ2) is 6.58. The maximum atomic E-state index is 13.5. The van der Waals surface area contributed by atoms with Crippen LogP contribution in [-0.4, -0.2) is 11.1 Å². The highest BCUT2D eigenvalue weighted by Crippen LogP contribution is 2.23. The number of benzene rings is 1. The van der Waals surface area contributed by atoms with E-state index in [1.807, 2.05) is 17.5 Å². The molecule has 6 heteroatoms. The van der Waals surface area contributed by atoms with E-state index in [4.69, 9.17) is 5.11 Å². The molecule has 2 aromatic rings. The van der Waals surface area contributed by atoms with Crippen LogP contribution in [0.2, 0.25) is 0 Å². The molecule has 1 unspecified atom stereocenters. The summed E-state index contributed by atoms with van der Waals surface area (Å²) in [6, 6.07) is 6.61. The van der Waals surface area contributed by atoms with Crippen molar-refractivity contribution in [3.05, 3.63) is 57.8 Å². The summed E-state index contributed by atoms with van der Waals surface area (Å²) in [6.07, 6.45) is -0.0939. The van der Waals surface area contributed by atoms with Crippen molar-refractivity contribution in [3.8, 4) is 0 Å². The summed E-state index contributed by atoms with van der Waals surface area (Å²) in [5.74, 6) is -2.21. The van der Waals surface area contributed by atoms with E-state index in [0.29, 0.717) is 5.56 Å². The molecule has 2 rings (SSSR count). The van der Waals surface area contributed by atoms with Crippen LogP contribution in [0.4, 0.5) is 8.78 Å². The SMILES string of the molecule is O=C(O)CC(NCc1ccc(F)cc1F)c1cccs1. The summed E-state index contributed by atoms with van der Waals surface area (Å²) >= 11 is 1.44. The molecule has 0 saturated carbocycles. The van der Waals surface area contributed by atoms with Gasteiger partial charge in [-0.3, -0.25) is 4.79 Å². The molecule has 0 aliphatic carbocycles. The van der Waals surface area contributed by atoms with E-state index in [0.717, 1.165) is 10.9 Å². The molecule has 20 heavy (non-hydrogen) atoms. The van der Waals surface area contributed by atoms with Crippen molar-refractivity contribution in [2.45, 2.75) is 19.0 Å². The Morgan fingerprint density at radius 3 is 2.75 bits per heavy atom. The Kier molecular flexibility index (Phi) is 4.81. The molecule has 0 aliphatic heterocycles. The molecule has 106 valence electrons. The van der Waals surface area contributed by atoms with Crippen LogP contribution in [0.5, 0.6) is 0 Å². The van der Waals surface area contributed by atoms with Crippen molar-refractivity contribution >= 4 is 17.3 Å². The fourth-order valence-electron chi connectivity index (χ4n) is 1.84. The summed E-state index contributed by atoms with van der Waals surface area (Å²) in [5, 5.41) is 13.8. The van der Waals surface area contributed by atoms with E-state index in [-0.39, 0.29) is 13.0 Å². The second-order valence-corrected chi connectivity index (χ2v) is 5.26. The predicted octanol–water partition coefficient (Wildman–Crippen LogP) is 3.33. The van der Waals surface area contributed by atoms with Gasteiger partial charge in [-0.15, -0.1) is 11.3 Å². The van der Waals surface area contributed by atoms with Crippen LogP contribution in [-0.2, 0) is 11.3 Å². The van der Waals surface area contributed by atoms with Crippen LogP contribution >= 0.6 is 11.3 Å². The molecular weight excluding hydrogens is 284 g/mol. The first-order chi connectivity index (χ1) is 9.56. The first-order valence-corrected chi connectivity index (χ1v) is 6.86. The highest BCUT2D eigenvalue weighted by atomic mass is 32.1. The van der Waals surface area contributed by atoms with Crippen molar-refractivity contribution in [1.82, 2.24) is 5.32 Å². The first kappa shape index (κ1) is 14.6. The lowest BCUT2D eigenvalue weighted by Crippen LogP contribution is -2.23. The van der Waals surface area contributed by atoms with E-state index in [1.54, 1.807) is 0 Å². The second-order valence-electron chi connectivity index (χ2n) is 4.28. The van der Waals surface area contributed by atoms with Crippen molar-refractivity contribution in [1.29, 1.82) is 0 Å². The number of nitrogens with one attached hydrogen (secondary N) is 1. The minimum atomic E-state index is -0.935. The van der Waals surface area contributed by atoms with Gasteiger partial charge >= 0.3 is 5.97 Å². The van der Waals surface area contributed by atoms with E-state index < -0.39 is 23.6 Å². The molecule has 1 atom stereocenters. The molecule has 0 saturated heterocycles. The third kappa shape index (κ3) is 3.85. The lowest BCUT2D eigenvalue weighted by atomic mass is 10.1. The Morgan fingerprint density at radius 2 is 2.15 bits per heavy atom. The smallest absolute Gasteiger partial charge is 0.305 e. The number of hydrogen-bond acceptors (Lipinski definition) is 3. The highest BCUT2D eigenvalue weighted by molar-refractivity contribution is 7.10. The molecule has 0 spiro atoms. The number of halogens is 2. The molecule has 1 aromatic heterocycles. The van der Waals surface area contributed by atoms with Gasteiger partial charge in [0.05, 0.1) is 12.5 Å². The fourth-order valence-corrected chi connectivity index (χ4v) is 2.64. The third-order valence-corrected chi connectivity index (χ3v) is 3.81. The van der Waals surface area contributed by atoms with Crippen molar-refractivity contribution in [2.24, 2.45) is 0 Å². The van der Waals surface area contributed by atoms with Gasteiger partial charge in [0.1, 0.15) is 11.6 Å². The summed E-state index contributed by atoms with van der Waals surface area (Å²) in [5.41, 5.74) is 0.304. The molecule has 1 heterocycles. The van der Waals surface area contributed by atoms with E-state index >= 15 is 0 Å². The quantitative estimate of drug-likeness (QED) is 0.860.